The summed E-state index contributed by atoms with van der Waals surface area (Å²) in [5.41, 5.74) is 3.12. The Bertz CT molecular complexity index is 621. The van der Waals surface area contributed by atoms with Crippen molar-refractivity contribution in [2.45, 2.75) is 13.8 Å². The van der Waals surface area contributed by atoms with E-state index in [4.69, 9.17) is 4.74 Å². The third-order valence-corrected chi connectivity index (χ3v) is 3.22. The minimum atomic E-state index is -0.270. The average molecular weight is 300 g/mol. The molecular weight excluding hydrogens is 280 g/mol. The fourth-order valence-corrected chi connectivity index (χ4v) is 2.01. The van der Waals surface area contributed by atoms with Gasteiger partial charge >= 0.3 is 0 Å². The summed E-state index contributed by atoms with van der Waals surface area (Å²) in [5.74, 6) is 0.342. The number of benzene rings is 1. The molecule has 22 heavy (non-hydrogen) atoms. The summed E-state index contributed by atoms with van der Waals surface area (Å²) in [6.07, 6.45) is 2.99. The number of carbonyl (C=O) groups excluding carboxylic acids is 1. The zero-order valence-electron chi connectivity index (χ0n) is 13.0. The van der Waals surface area contributed by atoms with E-state index in [2.05, 4.69) is 20.6 Å². The van der Waals surface area contributed by atoms with Crippen LogP contribution >= 0.6 is 0 Å². The number of para-hydroxylation sites is 1. The lowest BCUT2D eigenvalue weighted by Gasteiger charge is -2.11. The van der Waals surface area contributed by atoms with Crippen molar-refractivity contribution in [2.75, 3.05) is 30.9 Å². The molecule has 0 atom stereocenters. The highest BCUT2D eigenvalue weighted by Crippen LogP contribution is 2.20. The molecule has 6 heteroatoms. The Morgan fingerprint density at radius 3 is 2.50 bits per heavy atom. The van der Waals surface area contributed by atoms with Crippen LogP contribution in [-0.2, 0) is 4.74 Å². The quantitative estimate of drug-likeness (QED) is 0.801. The van der Waals surface area contributed by atoms with Crippen LogP contribution in [0.1, 0.15) is 21.6 Å². The number of nitrogens with zero attached hydrogens (tertiary/aromatic N) is 2. The first-order valence-corrected chi connectivity index (χ1v) is 7.04. The molecule has 0 saturated carbocycles. The molecule has 0 aliphatic rings. The lowest BCUT2D eigenvalue weighted by atomic mass is 10.1. The Hall–Kier alpha value is -2.47. The minimum Gasteiger partial charge on any atom is -0.383 e. The van der Waals surface area contributed by atoms with Gasteiger partial charge in [-0.15, -0.1) is 0 Å². The van der Waals surface area contributed by atoms with E-state index in [9.17, 15) is 4.79 Å². The third-order valence-electron chi connectivity index (χ3n) is 3.22. The minimum absolute atomic E-state index is 0.270. The molecule has 0 aliphatic carbocycles. The number of amides is 1. The van der Waals surface area contributed by atoms with Crippen LogP contribution in [0.4, 0.5) is 11.5 Å². The van der Waals surface area contributed by atoms with Gasteiger partial charge in [0.05, 0.1) is 19.0 Å². The van der Waals surface area contributed by atoms with Gasteiger partial charge in [0.15, 0.2) is 0 Å². The van der Waals surface area contributed by atoms with Gasteiger partial charge in [0.2, 0.25) is 0 Å². The van der Waals surface area contributed by atoms with Crippen LogP contribution in [0, 0.1) is 13.8 Å². The summed E-state index contributed by atoms with van der Waals surface area (Å²) in [6, 6.07) is 5.87. The van der Waals surface area contributed by atoms with E-state index >= 15 is 0 Å². The standard InChI is InChI=1S/C16H20N4O2/c1-11-5-4-6-12(2)15(11)20-16(21)13-9-19-14(10-18-13)17-7-8-22-3/h4-6,9-10H,7-8H2,1-3H3,(H,17,19)(H,20,21). The molecule has 1 aromatic heterocycles. The lowest BCUT2D eigenvalue weighted by Crippen LogP contribution is -2.16. The fourth-order valence-electron chi connectivity index (χ4n) is 2.01. The van der Waals surface area contributed by atoms with Gasteiger partial charge in [-0.3, -0.25) is 4.79 Å². The number of methoxy groups -OCH3 is 1. The topological polar surface area (TPSA) is 76.1 Å². The molecule has 1 aromatic carbocycles. The maximum absolute atomic E-state index is 12.2. The summed E-state index contributed by atoms with van der Waals surface area (Å²) in [6.45, 7) is 5.13. The second kappa shape index (κ2) is 7.51. The zero-order chi connectivity index (χ0) is 15.9. The maximum Gasteiger partial charge on any atom is 0.275 e. The Labute approximate surface area is 129 Å². The van der Waals surface area contributed by atoms with E-state index < -0.39 is 0 Å². The van der Waals surface area contributed by atoms with Crippen molar-refractivity contribution in [3.63, 3.8) is 0 Å². The second-order valence-electron chi connectivity index (χ2n) is 4.93. The Morgan fingerprint density at radius 1 is 1.18 bits per heavy atom. The van der Waals surface area contributed by atoms with Crippen molar-refractivity contribution >= 4 is 17.4 Å². The van der Waals surface area contributed by atoms with E-state index in [1.165, 1.54) is 12.4 Å². The third kappa shape index (κ3) is 4.02. The maximum atomic E-state index is 12.2. The molecule has 1 amide bonds. The number of nitrogens with one attached hydrogen (secondary N) is 2. The number of aromatic nitrogens is 2. The van der Waals surface area contributed by atoms with Crippen molar-refractivity contribution in [2.24, 2.45) is 0 Å². The van der Waals surface area contributed by atoms with Gasteiger partial charge in [-0.05, 0) is 25.0 Å². The predicted molar refractivity (Wildman–Crippen MR) is 86.3 cm³/mol. The molecule has 2 aromatic rings. The highest BCUT2D eigenvalue weighted by molar-refractivity contribution is 6.03. The van der Waals surface area contributed by atoms with Crippen molar-refractivity contribution in [3.8, 4) is 0 Å². The van der Waals surface area contributed by atoms with E-state index in [1.807, 2.05) is 32.0 Å². The van der Waals surface area contributed by atoms with Crippen LogP contribution < -0.4 is 10.6 Å². The first kappa shape index (κ1) is 15.9. The molecule has 0 spiro atoms. The molecule has 0 radical (unpaired) electrons. The molecule has 2 N–H and O–H groups in total. The molecule has 0 saturated heterocycles. The summed E-state index contributed by atoms with van der Waals surface area (Å²) in [4.78, 5) is 20.5. The molecule has 0 unspecified atom stereocenters. The smallest absolute Gasteiger partial charge is 0.275 e. The monoisotopic (exact) mass is 300 g/mol. The van der Waals surface area contributed by atoms with Crippen LogP contribution in [0.15, 0.2) is 30.6 Å². The van der Waals surface area contributed by atoms with Gasteiger partial charge in [0.1, 0.15) is 11.5 Å². The first-order chi connectivity index (χ1) is 10.6. The number of anilines is 2. The average Bonchev–Trinajstić information content (AvgIpc) is 2.52. The van der Waals surface area contributed by atoms with Crippen molar-refractivity contribution in [3.05, 3.63) is 47.4 Å². The second-order valence-corrected chi connectivity index (χ2v) is 4.93. The van der Waals surface area contributed by atoms with Crippen LogP contribution in [-0.4, -0.2) is 36.1 Å². The molecule has 0 fully saturated rings. The van der Waals surface area contributed by atoms with Gasteiger partial charge in [0, 0.05) is 19.3 Å². The lowest BCUT2D eigenvalue weighted by molar-refractivity contribution is 0.102. The van der Waals surface area contributed by atoms with Crippen LogP contribution in [0.5, 0.6) is 0 Å². The summed E-state index contributed by atoms with van der Waals surface area (Å²) in [5, 5.41) is 5.93. The van der Waals surface area contributed by atoms with Gasteiger partial charge in [-0.2, -0.15) is 0 Å². The summed E-state index contributed by atoms with van der Waals surface area (Å²) >= 11 is 0. The molecule has 6 nitrogen and oxygen atoms in total. The highest BCUT2D eigenvalue weighted by Gasteiger charge is 2.11. The van der Waals surface area contributed by atoms with E-state index in [0.717, 1.165) is 16.8 Å². The Kier molecular flexibility index (Phi) is 5.43. The van der Waals surface area contributed by atoms with Crippen molar-refractivity contribution < 1.29 is 9.53 Å². The van der Waals surface area contributed by atoms with Crippen LogP contribution in [0.2, 0.25) is 0 Å². The number of carbonyl (C=O) groups is 1. The number of rotatable bonds is 6. The SMILES string of the molecule is COCCNc1cnc(C(=O)Nc2c(C)cccc2C)cn1. The number of aryl methyl sites for hydroxylation is 2. The van der Waals surface area contributed by atoms with E-state index in [-0.39, 0.29) is 11.6 Å². The van der Waals surface area contributed by atoms with Gasteiger partial charge in [-0.25, -0.2) is 9.97 Å². The van der Waals surface area contributed by atoms with Crippen molar-refractivity contribution in [1.29, 1.82) is 0 Å². The van der Waals surface area contributed by atoms with Crippen LogP contribution in [0.3, 0.4) is 0 Å². The Morgan fingerprint density at radius 2 is 1.91 bits per heavy atom. The molecule has 0 aliphatic heterocycles. The molecule has 116 valence electrons. The largest absolute Gasteiger partial charge is 0.383 e. The fraction of sp³-hybridized carbons (Fsp3) is 0.312. The van der Waals surface area contributed by atoms with E-state index in [1.54, 1.807) is 7.11 Å². The van der Waals surface area contributed by atoms with Gasteiger partial charge < -0.3 is 15.4 Å². The summed E-state index contributed by atoms with van der Waals surface area (Å²) < 4.78 is 4.94. The number of ether oxygens (including phenoxy) is 1. The zero-order valence-corrected chi connectivity index (χ0v) is 13.0. The first-order valence-electron chi connectivity index (χ1n) is 7.04. The van der Waals surface area contributed by atoms with Gasteiger partial charge in [0.25, 0.3) is 5.91 Å². The molecular formula is C16H20N4O2. The number of hydrogen-bond donors (Lipinski definition) is 2. The normalized spacial score (nSPS) is 10.3. The van der Waals surface area contributed by atoms with Crippen molar-refractivity contribution in [1.82, 2.24) is 9.97 Å². The molecule has 2 rings (SSSR count). The number of hydrogen-bond acceptors (Lipinski definition) is 5. The highest BCUT2D eigenvalue weighted by atomic mass is 16.5. The van der Waals surface area contributed by atoms with Crippen LogP contribution in [0.25, 0.3) is 0 Å². The van der Waals surface area contributed by atoms with Gasteiger partial charge in [-0.1, -0.05) is 18.2 Å². The molecule has 0 bridgehead atoms. The predicted octanol–water partition coefficient (Wildman–Crippen LogP) is 2.40. The van der Waals surface area contributed by atoms with E-state index in [0.29, 0.717) is 19.0 Å². The molecule has 1 heterocycles. The Balaban J connectivity index is 2.04. The summed E-state index contributed by atoms with van der Waals surface area (Å²) in [7, 11) is 1.63.